The van der Waals surface area contributed by atoms with Crippen molar-refractivity contribution in [2.45, 2.75) is 51.9 Å². The van der Waals surface area contributed by atoms with Gasteiger partial charge in [-0.25, -0.2) is 0 Å². The molecule has 0 aromatic carbocycles. The van der Waals surface area contributed by atoms with Crippen LogP contribution in [0.15, 0.2) is 23.8 Å². The zero-order valence-electron chi connectivity index (χ0n) is 10.3. The molecule has 0 aromatic heterocycles. The van der Waals surface area contributed by atoms with Gasteiger partial charge in [0.2, 0.25) is 0 Å². The van der Waals surface area contributed by atoms with Crippen molar-refractivity contribution in [1.29, 1.82) is 0 Å². The molecule has 0 aromatic rings. The molecule has 0 amide bonds. The van der Waals surface area contributed by atoms with Gasteiger partial charge < -0.3 is 0 Å². The number of fused-ring (bicyclic) bond motifs is 1. The molecule has 2 atom stereocenters. The Morgan fingerprint density at radius 2 is 2.19 bits per heavy atom. The first-order valence-corrected chi connectivity index (χ1v) is 6.67. The second-order valence-corrected chi connectivity index (χ2v) is 5.08. The van der Waals surface area contributed by atoms with Gasteiger partial charge in [0.25, 0.3) is 0 Å². The van der Waals surface area contributed by atoms with E-state index in [1.165, 1.54) is 37.7 Å². The first kappa shape index (κ1) is 11.6. The summed E-state index contributed by atoms with van der Waals surface area (Å²) in [6, 6.07) is 0. The number of Topliss-reactive ketones (excluding diaryl/α,β-unsaturated/α-hetero) is 1. The van der Waals surface area contributed by atoms with E-state index in [-0.39, 0.29) is 5.92 Å². The van der Waals surface area contributed by atoms with Crippen LogP contribution in [0.3, 0.4) is 0 Å². The van der Waals surface area contributed by atoms with Gasteiger partial charge in [-0.05, 0) is 30.8 Å². The van der Waals surface area contributed by atoms with Crippen molar-refractivity contribution >= 4 is 5.78 Å². The highest BCUT2D eigenvalue weighted by Gasteiger charge is 2.46. The molecule has 16 heavy (non-hydrogen) atoms. The molecule has 0 saturated heterocycles. The van der Waals surface area contributed by atoms with Crippen molar-refractivity contribution in [3.8, 4) is 0 Å². The first-order valence-electron chi connectivity index (χ1n) is 6.67. The summed E-state index contributed by atoms with van der Waals surface area (Å²) in [6.45, 7) is 6.10. The molecule has 1 nitrogen and oxygen atoms in total. The van der Waals surface area contributed by atoms with Crippen molar-refractivity contribution < 1.29 is 4.79 Å². The number of carbonyl (C=O) groups is 1. The van der Waals surface area contributed by atoms with Gasteiger partial charge >= 0.3 is 0 Å². The fraction of sp³-hybridized carbons (Fsp3) is 0.667. The van der Waals surface area contributed by atoms with Gasteiger partial charge in [0.05, 0.1) is 0 Å². The second kappa shape index (κ2) is 4.99. The van der Waals surface area contributed by atoms with E-state index in [0.717, 1.165) is 12.8 Å². The fourth-order valence-corrected chi connectivity index (χ4v) is 3.26. The third-order valence-electron chi connectivity index (χ3n) is 4.12. The van der Waals surface area contributed by atoms with Crippen LogP contribution in [0, 0.1) is 11.8 Å². The van der Waals surface area contributed by atoms with Crippen LogP contribution in [-0.2, 0) is 4.79 Å². The summed E-state index contributed by atoms with van der Waals surface area (Å²) in [5.74, 6) is 1.30. The summed E-state index contributed by atoms with van der Waals surface area (Å²) in [5.41, 5.74) is 2.84. The van der Waals surface area contributed by atoms with Gasteiger partial charge in [0.15, 0.2) is 0 Å². The first-order chi connectivity index (χ1) is 7.79. The van der Waals surface area contributed by atoms with Gasteiger partial charge in [-0.15, -0.1) is 0 Å². The minimum atomic E-state index is 0.249. The summed E-state index contributed by atoms with van der Waals surface area (Å²) in [5, 5.41) is 0. The minimum Gasteiger partial charge on any atom is -0.299 e. The number of ketones is 1. The lowest BCUT2D eigenvalue weighted by Crippen LogP contribution is -2.29. The Morgan fingerprint density at radius 1 is 1.38 bits per heavy atom. The Labute approximate surface area is 98.6 Å². The maximum atomic E-state index is 11.6. The summed E-state index contributed by atoms with van der Waals surface area (Å²) in [6.07, 6.45) is 10.3. The van der Waals surface area contributed by atoms with Crippen molar-refractivity contribution in [3.63, 3.8) is 0 Å². The quantitative estimate of drug-likeness (QED) is 0.615. The number of hydrogen-bond acceptors (Lipinski definition) is 1. The van der Waals surface area contributed by atoms with E-state index >= 15 is 0 Å². The molecule has 0 aliphatic heterocycles. The van der Waals surface area contributed by atoms with Gasteiger partial charge in [-0.1, -0.05) is 44.4 Å². The fourth-order valence-electron chi connectivity index (χ4n) is 3.26. The zero-order valence-corrected chi connectivity index (χ0v) is 10.3. The molecule has 1 heteroatoms. The van der Waals surface area contributed by atoms with Crippen LogP contribution in [0.4, 0.5) is 0 Å². The lowest BCUT2D eigenvalue weighted by Gasteiger charge is -2.35. The monoisotopic (exact) mass is 218 g/mol. The molecule has 0 unspecified atom stereocenters. The number of allylic oxidation sites excluding steroid dienone is 3. The van der Waals surface area contributed by atoms with Gasteiger partial charge in [-0.3, -0.25) is 4.79 Å². The maximum Gasteiger partial charge on any atom is 0.140 e. The molecular formula is C15H22O. The Kier molecular flexibility index (Phi) is 3.63. The van der Waals surface area contributed by atoms with E-state index in [4.69, 9.17) is 0 Å². The number of unbranched alkanes of at least 4 members (excludes halogenated alkanes) is 3. The zero-order chi connectivity index (χ0) is 11.5. The summed E-state index contributed by atoms with van der Waals surface area (Å²) >= 11 is 0. The highest BCUT2D eigenvalue weighted by Crippen LogP contribution is 2.51. The third-order valence-corrected chi connectivity index (χ3v) is 4.12. The van der Waals surface area contributed by atoms with E-state index < -0.39 is 0 Å². The minimum absolute atomic E-state index is 0.249. The lowest BCUT2D eigenvalue weighted by molar-refractivity contribution is -0.120. The van der Waals surface area contributed by atoms with Gasteiger partial charge in [-0.2, -0.15) is 0 Å². The number of hydrogen-bond donors (Lipinski definition) is 0. The van der Waals surface area contributed by atoms with Crippen molar-refractivity contribution in [3.05, 3.63) is 23.8 Å². The van der Waals surface area contributed by atoms with Crippen LogP contribution in [0.25, 0.3) is 0 Å². The normalized spacial score (nSPS) is 27.9. The Balaban J connectivity index is 1.93. The molecule has 2 aliphatic rings. The molecule has 0 spiro atoms. The smallest absolute Gasteiger partial charge is 0.140 e. The maximum absolute atomic E-state index is 11.6. The summed E-state index contributed by atoms with van der Waals surface area (Å²) in [4.78, 5) is 11.6. The standard InChI is InChI=1S/C15H22O/c1-3-5-6-7-8-12-11(4-2)15-13(12)9-10-14(15)16/h4,13,15H,2-3,5-10H2,1H3/t13-,15+/m1/s1. The van der Waals surface area contributed by atoms with Crippen molar-refractivity contribution in [1.82, 2.24) is 0 Å². The lowest BCUT2D eigenvalue weighted by atomic mass is 9.68. The predicted octanol–water partition coefficient (Wildman–Crippen LogP) is 4.05. The molecular weight excluding hydrogens is 196 g/mol. The van der Waals surface area contributed by atoms with Crippen LogP contribution >= 0.6 is 0 Å². The molecule has 0 radical (unpaired) electrons. The van der Waals surface area contributed by atoms with Crippen LogP contribution in [0.1, 0.15) is 51.9 Å². The summed E-state index contributed by atoms with van der Waals surface area (Å²) in [7, 11) is 0. The average molecular weight is 218 g/mol. The van der Waals surface area contributed by atoms with E-state index in [1.807, 2.05) is 6.08 Å². The molecule has 0 bridgehead atoms. The van der Waals surface area contributed by atoms with E-state index in [0.29, 0.717) is 11.7 Å². The molecule has 1 fully saturated rings. The van der Waals surface area contributed by atoms with Crippen LogP contribution in [0.5, 0.6) is 0 Å². The second-order valence-electron chi connectivity index (χ2n) is 5.08. The van der Waals surface area contributed by atoms with E-state index in [9.17, 15) is 4.79 Å². The van der Waals surface area contributed by atoms with Crippen LogP contribution < -0.4 is 0 Å². The van der Waals surface area contributed by atoms with Crippen LogP contribution in [-0.4, -0.2) is 5.78 Å². The SMILES string of the molecule is C=CC1=C(CCCCCC)[C@H]2CCC(=O)[C@@H]12. The van der Waals surface area contributed by atoms with Gasteiger partial charge in [0.1, 0.15) is 5.78 Å². The van der Waals surface area contributed by atoms with Gasteiger partial charge in [0, 0.05) is 12.3 Å². The molecule has 0 heterocycles. The largest absolute Gasteiger partial charge is 0.299 e. The van der Waals surface area contributed by atoms with Crippen molar-refractivity contribution in [2.24, 2.45) is 11.8 Å². The number of rotatable bonds is 6. The molecule has 1 saturated carbocycles. The Hall–Kier alpha value is -0.850. The van der Waals surface area contributed by atoms with Crippen LogP contribution in [0.2, 0.25) is 0 Å². The highest BCUT2D eigenvalue weighted by molar-refractivity contribution is 5.90. The Morgan fingerprint density at radius 3 is 2.88 bits per heavy atom. The average Bonchev–Trinajstić information content (AvgIpc) is 2.57. The number of carbonyl (C=O) groups excluding carboxylic acids is 1. The third kappa shape index (κ3) is 1.88. The van der Waals surface area contributed by atoms with E-state index in [1.54, 1.807) is 5.57 Å². The topological polar surface area (TPSA) is 17.1 Å². The molecule has 88 valence electrons. The molecule has 2 aliphatic carbocycles. The van der Waals surface area contributed by atoms with E-state index in [2.05, 4.69) is 13.5 Å². The molecule has 0 N–H and O–H groups in total. The predicted molar refractivity (Wildman–Crippen MR) is 67.2 cm³/mol. The molecule has 2 rings (SSSR count). The Bertz CT molecular complexity index is 324. The highest BCUT2D eigenvalue weighted by atomic mass is 16.1. The summed E-state index contributed by atoms with van der Waals surface area (Å²) < 4.78 is 0. The van der Waals surface area contributed by atoms with Crippen molar-refractivity contribution in [2.75, 3.05) is 0 Å².